The quantitative estimate of drug-likeness (QED) is 0.667. The molecule has 7 nitrogen and oxygen atoms in total. The van der Waals surface area contributed by atoms with Gasteiger partial charge in [0.2, 0.25) is 0 Å². The topological polar surface area (TPSA) is 110 Å². The number of aromatic nitrogens is 4. The minimum atomic E-state index is -0.186. The number of rotatable bonds is 4. The monoisotopic (exact) mass is 353 g/mol. The van der Waals surface area contributed by atoms with Gasteiger partial charge in [0.05, 0.1) is 35.3 Å². The smallest absolute Gasteiger partial charge is 0.259 e. The van der Waals surface area contributed by atoms with Gasteiger partial charge in [0.25, 0.3) is 5.56 Å². The molecule has 26 heavy (non-hydrogen) atoms. The molecule has 7 heteroatoms. The van der Waals surface area contributed by atoms with Gasteiger partial charge in [0.1, 0.15) is 11.6 Å². The number of hydrogen-bond acceptors (Lipinski definition) is 5. The molecule has 1 aliphatic rings. The van der Waals surface area contributed by atoms with Crippen LogP contribution in [0, 0.1) is 0 Å². The van der Waals surface area contributed by atoms with Crippen molar-refractivity contribution in [2.75, 3.05) is 12.3 Å². The van der Waals surface area contributed by atoms with Crippen molar-refractivity contribution in [3.8, 4) is 11.4 Å². The van der Waals surface area contributed by atoms with Crippen LogP contribution in [0.25, 0.3) is 22.3 Å². The minimum Gasteiger partial charge on any atom is -0.394 e. The van der Waals surface area contributed by atoms with Crippen LogP contribution < -0.4 is 11.3 Å². The van der Waals surface area contributed by atoms with Crippen LogP contribution in [0.4, 0.5) is 5.82 Å². The molecular formula is C19H23N5O2. The average molecular weight is 353 g/mol. The fourth-order valence-corrected chi connectivity index (χ4v) is 3.87. The molecule has 3 aromatic rings. The van der Waals surface area contributed by atoms with Crippen molar-refractivity contribution in [3.63, 3.8) is 0 Å². The molecule has 1 fully saturated rings. The van der Waals surface area contributed by atoms with Gasteiger partial charge in [-0.05, 0) is 25.0 Å². The molecule has 0 atom stereocenters. The zero-order valence-corrected chi connectivity index (χ0v) is 14.6. The van der Waals surface area contributed by atoms with Gasteiger partial charge in [-0.15, -0.1) is 0 Å². The minimum absolute atomic E-state index is 0.0445. The third-order valence-electron chi connectivity index (χ3n) is 5.17. The molecule has 0 amide bonds. The largest absolute Gasteiger partial charge is 0.394 e. The number of benzene rings is 1. The zero-order valence-electron chi connectivity index (χ0n) is 14.6. The zero-order chi connectivity index (χ0) is 18.1. The van der Waals surface area contributed by atoms with Gasteiger partial charge < -0.3 is 15.8 Å². The van der Waals surface area contributed by atoms with Crippen LogP contribution in [0.3, 0.4) is 0 Å². The molecule has 0 aliphatic heterocycles. The summed E-state index contributed by atoms with van der Waals surface area (Å²) in [5, 5.41) is 14.6. The third-order valence-corrected chi connectivity index (χ3v) is 5.17. The van der Waals surface area contributed by atoms with Crippen LogP contribution in [0.2, 0.25) is 0 Å². The van der Waals surface area contributed by atoms with Crippen molar-refractivity contribution in [2.45, 2.75) is 44.6 Å². The summed E-state index contributed by atoms with van der Waals surface area (Å²) < 4.78 is 1.62. The summed E-state index contributed by atoms with van der Waals surface area (Å²) in [5.41, 5.74) is 8.38. The molecule has 1 aromatic carbocycles. The first-order valence-electron chi connectivity index (χ1n) is 9.15. The standard InChI is InChI=1S/C19H23N5O2/c20-17-15(18-21-14-9-5-4-8-13(14)19(26)22-18)16(23-24(17)10-11-25)12-6-2-1-3-7-12/h4-5,8-9,12,25H,1-3,6-7,10-11,20H2,(H,21,22,26). The summed E-state index contributed by atoms with van der Waals surface area (Å²) in [6.07, 6.45) is 5.68. The summed E-state index contributed by atoms with van der Waals surface area (Å²) in [5.74, 6) is 1.20. The highest BCUT2D eigenvalue weighted by Crippen LogP contribution is 2.39. The molecule has 4 rings (SSSR count). The van der Waals surface area contributed by atoms with Crippen molar-refractivity contribution in [2.24, 2.45) is 0 Å². The Morgan fingerprint density at radius 1 is 1.23 bits per heavy atom. The van der Waals surface area contributed by atoms with E-state index in [1.165, 1.54) is 19.3 Å². The van der Waals surface area contributed by atoms with Crippen LogP contribution in [-0.4, -0.2) is 31.5 Å². The lowest BCUT2D eigenvalue weighted by Gasteiger charge is -2.20. The molecule has 0 saturated heterocycles. The van der Waals surface area contributed by atoms with Crippen LogP contribution in [0.15, 0.2) is 29.1 Å². The lowest BCUT2D eigenvalue weighted by molar-refractivity contribution is 0.269. The summed E-state index contributed by atoms with van der Waals surface area (Å²) in [6, 6.07) is 7.26. The molecule has 136 valence electrons. The van der Waals surface area contributed by atoms with Crippen molar-refractivity contribution in [3.05, 3.63) is 40.3 Å². The second-order valence-corrected chi connectivity index (χ2v) is 6.86. The first-order valence-corrected chi connectivity index (χ1v) is 9.15. The summed E-state index contributed by atoms with van der Waals surface area (Å²) >= 11 is 0. The second-order valence-electron chi connectivity index (χ2n) is 6.86. The Morgan fingerprint density at radius 3 is 2.77 bits per heavy atom. The Bertz CT molecular complexity index is 985. The number of fused-ring (bicyclic) bond motifs is 1. The number of nitrogens with one attached hydrogen (secondary N) is 1. The van der Waals surface area contributed by atoms with Crippen molar-refractivity contribution >= 4 is 16.7 Å². The van der Waals surface area contributed by atoms with Gasteiger partial charge in [0, 0.05) is 5.92 Å². The number of para-hydroxylation sites is 1. The Labute approximate surface area is 150 Å². The Balaban J connectivity index is 1.90. The number of anilines is 1. The maximum atomic E-state index is 12.5. The molecule has 0 spiro atoms. The molecule has 0 unspecified atom stereocenters. The predicted octanol–water partition coefficient (Wildman–Crippen LogP) is 2.41. The van der Waals surface area contributed by atoms with E-state index in [4.69, 9.17) is 5.73 Å². The molecule has 0 radical (unpaired) electrons. The van der Waals surface area contributed by atoms with E-state index >= 15 is 0 Å². The molecule has 1 saturated carbocycles. The van der Waals surface area contributed by atoms with Gasteiger partial charge >= 0.3 is 0 Å². The van der Waals surface area contributed by atoms with Gasteiger partial charge in [-0.3, -0.25) is 4.79 Å². The number of hydrogen-bond donors (Lipinski definition) is 3. The maximum Gasteiger partial charge on any atom is 0.259 e. The lowest BCUT2D eigenvalue weighted by Crippen LogP contribution is -2.12. The molecular weight excluding hydrogens is 330 g/mol. The average Bonchev–Trinajstić information content (AvgIpc) is 2.99. The van der Waals surface area contributed by atoms with E-state index in [2.05, 4.69) is 15.1 Å². The lowest BCUT2D eigenvalue weighted by atomic mass is 9.85. The van der Waals surface area contributed by atoms with E-state index in [0.717, 1.165) is 18.5 Å². The first kappa shape index (κ1) is 16.8. The molecule has 4 N–H and O–H groups in total. The number of nitrogen functional groups attached to an aromatic ring is 1. The molecule has 2 aromatic heterocycles. The van der Waals surface area contributed by atoms with Gasteiger partial charge in [-0.25, -0.2) is 9.67 Å². The van der Waals surface area contributed by atoms with Gasteiger partial charge in [-0.2, -0.15) is 5.10 Å². The highest BCUT2D eigenvalue weighted by Gasteiger charge is 2.27. The Morgan fingerprint density at radius 2 is 2.00 bits per heavy atom. The van der Waals surface area contributed by atoms with Crippen LogP contribution >= 0.6 is 0 Å². The van der Waals surface area contributed by atoms with Crippen LogP contribution in [0.1, 0.15) is 43.7 Å². The summed E-state index contributed by atoms with van der Waals surface area (Å²) in [7, 11) is 0. The van der Waals surface area contributed by atoms with E-state index in [-0.39, 0.29) is 12.2 Å². The second kappa shape index (κ2) is 6.92. The van der Waals surface area contributed by atoms with E-state index < -0.39 is 0 Å². The number of aliphatic hydroxyl groups excluding tert-OH is 1. The SMILES string of the molecule is Nc1c(-c2nc3ccccc3c(=O)[nH]2)c(C2CCCCC2)nn1CCO. The molecule has 1 aliphatic carbocycles. The van der Waals surface area contributed by atoms with Crippen LogP contribution in [-0.2, 0) is 6.54 Å². The maximum absolute atomic E-state index is 12.5. The number of aromatic amines is 1. The first-order chi connectivity index (χ1) is 12.7. The number of nitrogens with two attached hydrogens (primary N) is 1. The molecule has 2 heterocycles. The third kappa shape index (κ3) is 2.88. The summed E-state index contributed by atoms with van der Waals surface area (Å²) in [6.45, 7) is 0.278. The highest BCUT2D eigenvalue weighted by molar-refractivity contribution is 5.81. The number of H-pyrrole nitrogens is 1. The van der Waals surface area contributed by atoms with Gasteiger partial charge in [-0.1, -0.05) is 31.4 Å². The Kier molecular flexibility index (Phi) is 4.46. The van der Waals surface area contributed by atoms with E-state index in [1.807, 2.05) is 18.2 Å². The molecule has 0 bridgehead atoms. The predicted molar refractivity (Wildman–Crippen MR) is 101 cm³/mol. The van der Waals surface area contributed by atoms with Crippen molar-refractivity contribution in [1.82, 2.24) is 19.7 Å². The summed E-state index contributed by atoms with van der Waals surface area (Å²) in [4.78, 5) is 20.0. The number of aliphatic hydroxyl groups is 1. The van der Waals surface area contributed by atoms with E-state index in [0.29, 0.717) is 40.6 Å². The van der Waals surface area contributed by atoms with E-state index in [1.54, 1.807) is 10.7 Å². The highest BCUT2D eigenvalue weighted by atomic mass is 16.3. The van der Waals surface area contributed by atoms with Crippen molar-refractivity contribution < 1.29 is 5.11 Å². The van der Waals surface area contributed by atoms with E-state index in [9.17, 15) is 9.90 Å². The van der Waals surface area contributed by atoms with Crippen molar-refractivity contribution in [1.29, 1.82) is 0 Å². The fourth-order valence-electron chi connectivity index (χ4n) is 3.87. The number of nitrogens with zero attached hydrogens (tertiary/aromatic N) is 3. The fraction of sp³-hybridized carbons (Fsp3) is 0.421. The van der Waals surface area contributed by atoms with Gasteiger partial charge in [0.15, 0.2) is 0 Å². The Hall–Kier alpha value is -2.67. The van der Waals surface area contributed by atoms with Crippen LogP contribution in [0.5, 0.6) is 0 Å². The normalized spacial score (nSPS) is 15.6.